The highest BCUT2D eigenvalue weighted by atomic mass is 32.1. The fourth-order valence-electron chi connectivity index (χ4n) is 5.91. The Kier molecular flexibility index (Phi) is 10.9. The van der Waals surface area contributed by atoms with E-state index in [-0.39, 0.29) is 10.8 Å². The van der Waals surface area contributed by atoms with E-state index in [0.717, 1.165) is 44.9 Å². The van der Waals surface area contributed by atoms with Gasteiger partial charge < -0.3 is 14.6 Å². The maximum Gasteiger partial charge on any atom is 0.311 e. The van der Waals surface area contributed by atoms with Crippen molar-refractivity contribution >= 4 is 17.4 Å². The van der Waals surface area contributed by atoms with Gasteiger partial charge in [0.05, 0.1) is 11.5 Å². The van der Waals surface area contributed by atoms with Gasteiger partial charge in [-0.05, 0) is 65.1 Å². The quantitative estimate of drug-likeness (QED) is 0.0655. The summed E-state index contributed by atoms with van der Waals surface area (Å²) in [5.74, 6) is 1.49. The van der Waals surface area contributed by atoms with Crippen molar-refractivity contribution in [3.63, 3.8) is 0 Å². The number of hydrogen-bond acceptors (Lipinski definition) is 7. The molecule has 6 aromatic rings. The van der Waals surface area contributed by atoms with Crippen LogP contribution in [0, 0.1) is 0 Å². The summed E-state index contributed by atoms with van der Waals surface area (Å²) in [5.41, 5.74) is 6.31. The van der Waals surface area contributed by atoms with Gasteiger partial charge in [-0.1, -0.05) is 127 Å². The second kappa shape index (κ2) is 16.0. The Hall–Kier alpha value is -5.57. The smallest absolute Gasteiger partial charge is 0.311 e. The zero-order valence-corrected chi connectivity index (χ0v) is 28.0. The molecule has 0 saturated carbocycles. The number of hydrogen-bond donors (Lipinski definition) is 2. The number of rotatable bonds is 15. The van der Waals surface area contributed by atoms with Crippen LogP contribution < -0.4 is 19.8 Å². The van der Waals surface area contributed by atoms with Crippen molar-refractivity contribution in [3.8, 4) is 17.4 Å². The van der Waals surface area contributed by atoms with Crippen LogP contribution in [0.25, 0.3) is 6.08 Å². The number of nitrogens with one attached hydrogen (secondary N) is 1. The van der Waals surface area contributed by atoms with Crippen LogP contribution in [0.1, 0.15) is 39.6 Å². The molecule has 248 valence electrons. The summed E-state index contributed by atoms with van der Waals surface area (Å²) in [6, 6.07) is 45.1. The molecule has 0 saturated heterocycles. The number of hydroxylamine groups is 1. The number of ether oxygens (including phenoxy) is 2. The van der Waals surface area contributed by atoms with E-state index in [2.05, 4.69) is 5.48 Å². The van der Waals surface area contributed by atoms with Crippen molar-refractivity contribution in [2.75, 3.05) is 19.8 Å². The molecule has 0 atom stereocenters. The summed E-state index contributed by atoms with van der Waals surface area (Å²) in [5, 5.41) is 11.9. The van der Waals surface area contributed by atoms with Crippen LogP contribution in [0.15, 0.2) is 151 Å². The van der Waals surface area contributed by atoms with Gasteiger partial charge in [0.15, 0.2) is 0 Å². The number of nitrogens with zero attached hydrogens (tertiary/aromatic N) is 1. The Bertz CT molecular complexity index is 1890. The molecule has 1 aromatic heterocycles. The molecule has 0 amide bonds. The first-order chi connectivity index (χ1) is 24.1. The molecule has 0 spiro atoms. The highest BCUT2D eigenvalue weighted by Gasteiger charge is 2.42. The topological polar surface area (TPSA) is 82.0 Å². The van der Waals surface area contributed by atoms with Crippen LogP contribution in [-0.4, -0.2) is 29.5 Å². The number of thiazole rings is 1. The molecule has 5 aromatic carbocycles. The monoisotopic (exact) mass is 670 g/mol. The molecule has 6 rings (SSSR count). The van der Waals surface area contributed by atoms with Crippen LogP contribution >= 0.6 is 11.3 Å². The third-order valence-corrected chi connectivity index (χ3v) is 9.06. The van der Waals surface area contributed by atoms with E-state index in [1.807, 2.05) is 153 Å². The van der Waals surface area contributed by atoms with E-state index in [4.69, 9.17) is 14.3 Å². The number of aromatic nitrogens is 1. The van der Waals surface area contributed by atoms with E-state index in [1.54, 1.807) is 10.8 Å². The summed E-state index contributed by atoms with van der Waals surface area (Å²) >= 11 is 1.07. The van der Waals surface area contributed by atoms with Crippen LogP contribution in [0.4, 0.5) is 0 Å². The lowest BCUT2D eigenvalue weighted by Gasteiger charge is -2.37. The fourth-order valence-corrected chi connectivity index (χ4v) is 6.86. The fraction of sp³-hybridized carbons (Fsp3) is 0.146. The average Bonchev–Trinajstić information content (AvgIpc) is 3.43. The lowest BCUT2D eigenvalue weighted by atomic mass is 9.76. The molecule has 0 unspecified atom stereocenters. The molecule has 0 aliphatic carbocycles. The molecule has 49 heavy (non-hydrogen) atoms. The molecule has 0 aliphatic heterocycles. The molecule has 0 aliphatic rings. The minimum Gasteiger partial charge on any atom is -0.494 e. The van der Waals surface area contributed by atoms with Crippen LogP contribution in [0.3, 0.4) is 0 Å². The van der Waals surface area contributed by atoms with Crippen molar-refractivity contribution in [3.05, 3.63) is 188 Å². The van der Waals surface area contributed by atoms with Gasteiger partial charge in [0.1, 0.15) is 30.3 Å². The lowest BCUT2D eigenvalue weighted by Crippen LogP contribution is -2.42. The summed E-state index contributed by atoms with van der Waals surface area (Å²) < 4.78 is 12.9. The van der Waals surface area contributed by atoms with Gasteiger partial charge in [-0.3, -0.25) is 19.7 Å². The average molecular weight is 671 g/mol. The molecule has 0 fully saturated rings. The van der Waals surface area contributed by atoms with Crippen LogP contribution in [0.5, 0.6) is 17.4 Å². The Balaban J connectivity index is 1.14. The van der Waals surface area contributed by atoms with Crippen molar-refractivity contribution in [1.82, 2.24) is 10.0 Å². The first-order valence-corrected chi connectivity index (χ1v) is 17.0. The highest BCUT2D eigenvalue weighted by molar-refractivity contribution is 7.09. The maximum absolute atomic E-state index is 14.0. The predicted octanol–water partition coefficient (Wildman–Crippen LogP) is 8.02. The summed E-state index contributed by atoms with van der Waals surface area (Å²) in [6.07, 6.45) is 4.02. The van der Waals surface area contributed by atoms with Crippen LogP contribution in [-0.2, 0) is 16.8 Å². The molecule has 8 heteroatoms. The molecule has 2 N–H and O–H groups in total. The molecule has 1 heterocycles. The number of aromatic hydroxyl groups is 1. The summed E-state index contributed by atoms with van der Waals surface area (Å²) in [7, 11) is 0. The van der Waals surface area contributed by atoms with Gasteiger partial charge in [-0.25, -0.2) is 0 Å². The highest BCUT2D eigenvalue weighted by Crippen LogP contribution is 2.43. The van der Waals surface area contributed by atoms with Crippen molar-refractivity contribution in [2.24, 2.45) is 0 Å². The third-order valence-electron chi connectivity index (χ3n) is 8.12. The SMILES string of the molecule is CCOc1ccc(C=CNOCCOc2ccc(Cc3sc(=O)n(C(c4ccccc4)(c4ccccc4)c4ccccc4)c3O)cc2)cc1. The van der Waals surface area contributed by atoms with E-state index in [0.29, 0.717) is 36.9 Å². The van der Waals surface area contributed by atoms with Gasteiger partial charge in [-0.15, -0.1) is 0 Å². The summed E-state index contributed by atoms with van der Waals surface area (Å²) in [6.45, 7) is 3.30. The minimum absolute atomic E-state index is 0.0480. The lowest BCUT2D eigenvalue weighted by molar-refractivity contribution is 0.0484. The van der Waals surface area contributed by atoms with E-state index < -0.39 is 5.54 Å². The largest absolute Gasteiger partial charge is 0.494 e. The Labute approximate surface area is 290 Å². The molecule has 7 nitrogen and oxygen atoms in total. The normalized spacial score (nSPS) is 11.4. The third kappa shape index (κ3) is 7.62. The minimum atomic E-state index is -1.08. The van der Waals surface area contributed by atoms with Gasteiger partial charge in [0.25, 0.3) is 0 Å². The second-order valence-electron chi connectivity index (χ2n) is 11.2. The van der Waals surface area contributed by atoms with Gasteiger partial charge in [0, 0.05) is 12.6 Å². The second-order valence-corrected chi connectivity index (χ2v) is 12.3. The van der Waals surface area contributed by atoms with Crippen LogP contribution in [0.2, 0.25) is 0 Å². The standard InChI is InChI=1S/C41H38N2O5S/c1-2-46-36-22-18-31(19-23-36)26-27-42-48-29-28-47-37-24-20-32(21-25-37)30-38-39(44)43(40(45)49-38)41(33-12-6-3-7-13-33,34-14-8-4-9-15-34)35-16-10-5-11-17-35/h3-27,42,44H,2,28-30H2,1H3. The summed E-state index contributed by atoms with van der Waals surface area (Å²) in [4.78, 5) is 19.8. The molecule has 0 radical (unpaired) electrons. The zero-order valence-electron chi connectivity index (χ0n) is 27.2. The Morgan fingerprint density at radius 1 is 0.714 bits per heavy atom. The zero-order chi connectivity index (χ0) is 33.9. The van der Waals surface area contributed by atoms with E-state index in [9.17, 15) is 9.90 Å². The first kappa shape index (κ1) is 33.3. The van der Waals surface area contributed by atoms with E-state index in [1.165, 1.54) is 0 Å². The predicted molar refractivity (Wildman–Crippen MR) is 195 cm³/mol. The van der Waals surface area contributed by atoms with Crippen molar-refractivity contribution in [2.45, 2.75) is 18.9 Å². The molecular weight excluding hydrogens is 633 g/mol. The Morgan fingerprint density at radius 3 is 1.80 bits per heavy atom. The van der Waals surface area contributed by atoms with Crippen molar-refractivity contribution < 1.29 is 19.4 Å². The Morgan fingerprint density at radius 2 is 1.24 bits per heavy atom. The van der Waals surface area contributed by atoms with Gasteiger partial charge in [0.2, 0.25) is 5.88 Å². The number of benzene rings is 5. The van der Waals surface area contributed by atoms with E-state index >= 15 is 0 Å². The van der Waals surface area contributed by atoms with Gasteiger partial charge in [-0.2, -0.15) is 0 Å². The van der Waals surface area contributed by atoms with Gasteiger partial charge >= 0.3 is 4.87 Å². The van der Waals surface area contributed by atoms with Crippen molar-refractivity contribution in [1.29, 1.82) is 0 Å². The molecule has 0 bridgehead atoms. The maximum atomic E-state index is 14.0. The molecular formula is C41H38N2O5S. The first-order valence-electron chi connectivity index (χ1n) is 16.2.